The molecular formula is C6H13NaO2Si. The number of carbonyl (C=O) groups excluding carboxylic acids is 1. The Hall–Kier alpha value is 0.687. The zero-order valence-electron chi connectivity index (χ0n) is 8.10. The van der Waals surface area contributed by atoms with E-state index >= 15 is 0 Å². The van der Waals surface area contributed by atoms with Crippen LogP contribution in [0.4, 0.5) is 0 Å². The minimum absolute atomic E-state index is 0. The van der Waals surface area contributed by atoms with Gasteiger partial charge < -0.3 is 9.90 Å². The summed E-state index contributed by atoms with van der Waals surface area (Å²) in [5, 5.41) is 10.1. The van der Waals surface area contributed by atoms with Gasteiger partial charge in [0, 0.05) is 15.4 Å². The summed E-state index contributed by atoms with van der Waals surface area (Å²) in [4.78, 5) is 10.1. The number of carboxylic acid groups (broad SMARTS) is 1. The van der Waals surface area contributed by atoms with E-state index < -0.39 is 20.4 Å². The van der Waals surface area contributed by atoms with Crippen molar-refractivity contribution < 1.29 is 40.8 Å². The van der Waals surface area contributed by atoms with Crippen LogP contribution >= 0.6 is 0 Å². The van der Waals surface area contributed by atoms with E-state index in [-0.39, 0.29) is 29.6 Å². The summed E-state index contributed by atoms with van der Waals surface area (Å²) in [6.45, 7) is 6.12. The third-order valence-electron chi connectivity index (χ3n) is 0.881. The molecule has 0 radical (unpaired) electrons. The topological polar surface area (TPSA) is 40.1 Å². The van der Waals surface area contributed by atoms with Crippen molar-refractivity contribution in [1.82, 2.24) is 0 Å². The van der Waals surface area contributed by atoms with Crippen LogP contribution in [0.2, 0.25) is 25.7 Å². The van der Waals surface area contributed by atoms with E-state index in [0.29, 0.717) is 6.04 Å². The van der Waals surface area contributed by atoms with Crippen LogP contribution in [0.25, 0.3) is 0 Å². The molecule has 1 unspecified atom stereocenters. The van der Waals surface area contributed by atoms with Gasteiger partial charge in [0.1, 0.15) is 0 Å². The fraction of sp³-hybridized carbons (Fsp3) is 0.833. The van der Waals surface area contributed by atoms with Crippen molar-refractivity contribution in [3.8, 4) is 0 Å². The second-order valence-electron chi connectivity index (χ2n) is 3.29. The summed E-state index contributed by atoms with van der Waals surface area (Å²) < 4.78 is 7.06. The van der Waals surface area contributed by atoms with Crippen LogP contribution in [0.5, 0.6) is 0 Å². The molecule has 0 heterocycles. The Morgan fingerprint density at radius 1 is 1.60 bits per heavy atom. The van der Waals surface area contributed by atoms with Crippen LogP contribution in [0.15, 0.2) is 0 Å². The predicted octanol–water partition coefficient (Wildman–Crippen LogP) is -2.53. The molecule has 54 valence electrons. The Morgan fingerprint density at radius 3 is 2.10 bits per heavy atom. The number of carboxylic acids is 1. The van der Waals surface area contributed by atoms with Crippen molar-refractivity contribution in [3.63, 3.8) is 0 Å². The van der Waals surface area contributed by atoms with E-state index in [4.69, 9.17) is 1.37 Å². The van der Waals surface area contributed by atoms with Crippen LogP contribution in [-0.2, 0) is 4.79 Å². The Labute approximate surface area is 86.7 Å². The molecule has 0 N–H and O–H groups in total. The van der Waals surface area contributed by atoms with Gasteiger partial charge in [0.05, 0.1) is 0 Å². The van der Waals surface area contributed by atoms with E-state index in [1.165, 1.54) is 0 Å². The van der Waals surface area contributed by atoms with Gasteiger partial charge in [0.2, 0.25) is 0 Å². The zero-order valence-corrected chi connectivity index (χ0v) is 10.1. The van der Waals surface area contributed by atoms with E-state index in [9.17, 15) is 9.90 Å². The molecular weight excluding hydrogens is 155 g/mol. The van der Waals surface area contributed by atoms with Crippen molar-refractivity contribution >= 4 is 14.0 Å². The number of rotatable bonds is 3. The van der Waals surface area contributed by atoms with Gasteiger partial charge in [0.15, 0.2) is 0 Å². The first-order chi connectivity index (χ1) is 4.33. The van der Waals surface area contributed by atoms with Crippen molar-refractivity contribution in [2.45, 2.75) is 32.1 Å². The van der Waals surface area contributed by atoms with Crippen molar-refractivity contribution in [2.75, 3.05) is 0 Å². The quantitative estimate of drug-likeness (QED) is 0.437. The van der Waals surface area contributed by atoms with Gasteiger partial charge >= 0.3 is 29.6 Å². The van der Waals surface area contributed by atoms with Gasteiger partial charge in [-0.25, -0.2) is 0 Å². The molecule has 0 aliphatic heterocycles. The molecule has 0 saturated carbocycles. The fourth-order valence-electron chi connectivity index (χ4n) is 0.390. The molecule has 2 nitrogen and oxygen atoms in total. The zero-order chi connectivity index (χ0) is 8.36. The minimum atomic E-state index is -1.39. The largest absolute Gasteiger partial charge is 1.00 e. The fourth-order valence-corrected chi connectivity index (χ4v) is 1.17. The molecule has 4 heteroatoms. The number of carbonyl (C=O) groups is 1. The number of aliphatic carboxylic acids is 1. The van der Waals surface area contributed by atoms with E-state index in [2.05, 4.69) is 0 Å². The first-order valence-corrected chi connectivity index (χ1v) is 6.67. The van der Waals surface area contributed by atoms with Gasteiger partial charge in [-0.2, -0.15) is 0 Å². The third kappa shape index (κ3) is 11.5. The van der Waals surface area contributed by atoms with Crippen molar-refractivity contribution in [2.24, 2.45) is 0 Å². The monoisotopic (exact) mass is 169 g/mol. The summed E-state index contributed by atoms with van der Waals surface area (Å²) in [5.41, 5.74) is 0. The predicted molar refractivity (Wildman–Crippen MR) is 37.8 cm³/mol. The van der Waals surface area contributed by atoms with Crippen LogP contribution in [0, 0.1) is 0 Å². The van der Waals surface area contributed by atoms with Crippen LogP contribution in [-0.4, -0.2) is 14.0 Å². The van der Waals surface area contributed by atoms with Gasteiger partial charge in [-0.15, -0.1) is 0 Å². The molecule has 0 spiro atoms. The number of hydrogen-bond donors (Lipinski definition) is 0. The standard InChI is InChI=1S/C6H14O2Si.Na/c1-9(2,3)5-4-6(7)8;/h4-5H2,1-3H3,(H,7,8);/q;+1/p-1/i4D;. The first kappa shape index (κ1) is 10.7. The molecule has 10 heavy (non-hydrogen) atoms. The van der Waals surface area contributed by atoms with Crippen LogP contribution in [0.3, 0.4) is 0 Å². The molecule has 0 amide bonds. The maximum atomic E-state index is 10.1. The minimum Gasteiger partial charge on any atom is -0.550 e. The third-order valence-corrected chi connectivity index (χ3v) is 2.31. The van der Waals surface area contributed by atoms with E-state index in [0.717, 1.165) is 0 Å². The molecule has 0 aromatic carbocycles. The molecule has 0 rings (SSSR count). The van der Waals surface area contributed by atoms with Crippen molar-refractivity contribution in [1.29, 1.82) is 0 Å². The molecule has 0 fully saturated rings. The molecule has 0 aliphatic carbocycles. The molecule has 0 aromatic heterocycles. The Bertz CT molecular complexity index is 135. The molecule has 0 saturated heterocycles. The second-order valence-corrected chi connectivity index (χ2v) is 8.82. The van der Waals surface area contributed by atoms with E-state index in [1.807, 2.05) is 19.6 Å². The normalized spacial score (nSPS) is 14.9. The molecule has 0 aromatic rings. The summed E-state index contributed by atoms with van der Waals surface area (Å²) in [5.74, 6) is -1.25. The average molecular weight is 169 g/mol. The first-order valence-electron chi connectivity index (χ1n) is 3.54. The van der Waals surface area contributed by atoms with Gasteiger partial charge in [-0.05, 0) is 6.40 Å². The molecule has 0 bridgehead atoms. The molecule has 1 atom stereocenters. The molecule has 0 aliphatic rings. The Morgan fingerprint density at radius 2 is 2.00 bits per heavy atom. The van der Waals surface area contributed by atoms with Crippen LogP contribution in [0.1, 0.15) is 7.77 Å². The van der Waals surface area contributed by atoms with E-state index in [1.54, 1.807) is 0 Å². The summed E-state index contributed by atoms with van der Waals surface area (Å²) >= 11 is 0. The Balaban J connectivity index is 0. The van der Waals surface area contributed by atoms with Gasteiger partial charge in [0.25, 0.3) is 0 Å². The van der Waals surface area contributed by atoms with Gasteiger partial charge in [-0.3, -0.25) is 0 Å². The summed E-state index contributed by atoms with van der Waals surface area (Å²) in [7, 11) is -1.39. The summed E-state index contributed by atoms with van der Waals surface area (Å²) in [6.07, 6.45) is -1.02. The maximum absolute atomic E-state index is 10.1. The van der Waals surface area contributed by atoms with Crippen LogP contribution < -0.4 is 34.7 Å². The number of hydrogen-bond acceptors (Lipinski definition) is 2. The second kappa shape index (κ2) is 5.35. The van der Waals surface area contributed by atoms with Gasteiger partial charge in [-0.1, -0.05) is 25.7 Å². The summed E-state index contributed by atoms with van der Waals surface area (Å²) in [6, 6.07) is 0.481. The smallest absolute Gasteiger partial charge is 0.550 e. The average Bonchev–Trinajstić information content (AvgIpc) is 1.60. The SMILES string of the molecule is [2H]C(C[Si](C)(C)C)C(=O)[O-].[Na+]. The maximum Gasteiger partial charge on any atom is 1.00 e. The Kier molecular flexibility index (Phi) is 5.72. The van der Waals surface area contributed by atoms with Crippen molar-refractivity contribution in [3.05, 3.63) is 0 Å².